The predicted octanol–water partition coefficient (Wildman–Crippen LogP) is 3.37. The van der Waals surface area contributed by atoms with Crippen LogP contribution in [0.5, 0.6) is 5.75 Å². The highest BCUT2D eigenvalue weighted by Gasteiger charge is 2.35. The Kier molecular flexibility index (Phi) is 5.93. The fourth-order valence-electron chi connectivity index (χ4n) is 4.02. The molecular weight excluding hydrogens is 392 g/mol. The highest BCUT2D eigenvalue weighted by molar-refractivity contribution is 6.00. The van der Waals surface area contributed by atoms with E-state index in [0.29, 0.717) is 19.0 Å². The van der Waals surface area contributed by atoms with E-state index in [1.165, 1.54) is 0 Å². The largest absolute Gasteiger partial charge is 0.497 e. The number of nitrogens with zero attached hydrogens (tertiary/aromatic N) is 3. The Bertz CT molecular complexity index is 1090. The zero-order chi connectivity index (χ0) is 22.0. The molecule has 1 aromatic heterocycles. The van der Waals surface area contributed by atoms with Gasteiger partial charge in [0.25, 0.3) is 0 Å². The lowest BCUT2D eigenvalue weighted by molar-refractivity contribution is -0.126. The Labute approximate surface area is 182 Å². The van der Waals surface area contributed by atoms with Crippen LogP contribution in [0.4, 0.5) is 5.69 Å². The summed E-state index contributed by atoms with van der Waals surface area (Å²) in [6.07, 6.45) is 0.209. The number of carbonyl (C=O) groups excluding carboxylic acids is 2. The summed E-state index contributed by atoms with van der Waals surface area (Å²) in [6.45, 7) is 5.85. The van der Waals surface area contributed by atoms with Crippen molar-refractivity contribution in [2.45, 2.75) is 33.4 Å². The molecule has 1 saturated heterocycles. The molecule has 2 aromatic carbocycles. The van der Waals surface area contributed by atoms with Gasteiger partial charge in [0, 0.05) is 30.6 Å². The van der Waals surface area contributed by atoms with Crippen LogP contribution in [0.25, 0.3) is 10.9 Å². The first kappa shape index (κ1) is 20.9. The van der Waals surface area contributed by atoms with Gasteiger partial charge in [0.2, 0.25) is 11.8 Å². The summed E-state index contributed by atoms with van der Waals surface area (Å²) in [5, 5.41) is 8.78. The summed E-state index contributed by atoms with van der Waals surface area (Å²) >= 11 is 0. The van der Waals surface area contributed by atoms with Crippen LogP contribution in [-0.2, 0) is 22.7 Å². The molecule has 3 aromatic rings. The maximum absolute atomic E-state index is 12.8. The van der Waals surface area contributed by atoms with Gasteiger partial charge in [0.1, 0.15) is 5.75 Å². The summed E-state index contributed by atoms with van der Waals surface area (Å²) in [6, 6.07) is 15.4. The van der Waals surface area contributed by atoms with Gasteiger partial charge < -0.3 is 15.0 Å². The third kappa shape index (κ3) is 4.40. The second kappa shape index (κ2) is 8.79. The third-order valence-electron chi connectivity index (χ3n) is 5.58. The van der Waals surface area contributed by atoms with Crippen LogP contribution in [0.3, 0.4) is 0 Å². The number of rotatable bonds is 7. The molecule has 1 fully saturated rings. The predicted molar refractivity (Wildman–Crippen MR) is 120 cm³/mol. The number of methoxy groups -OCH3 is 1. The summed E-state index contributed by atoms with van der Waals surface area (Å²) < 4.78 is 7.18. The zero-order valence-electron chi connectivity index (χ0n) is 18.2. The second-order valence-corrected chi connectivity index (χ2v) is 8.36. The van der Waals surface area contributed by atoms with E-state index in [-0.39, 0.29) is 24.2 Å². The fraction of sp³-hybridized carbons (Fsp3) is 0.375. The van der Waals surface area contributed by atoms with Crippen molar-refractivity contribution in [1.82, 2.24) is 15.1 Å². The van der Waals surface area contributed by atoms with E-state index in [9.17, 15) is 9.59 Å². The van der Waals surface area contributed by atoms with Crippen molar-refractivity contribution in [3.8, 4) is 5.75 Å². The number of para-hydroxylation sites is 1. The van der Waals surface area contributed by atoms with Crippen molar-refractivity contribution in [2.24, 2.45) is 11.8 Å². The monoisotopic (exact) mass is 420 g/mol. The van der Waals surface area contributed by atoms with E-state index in [0.717, 1.165) is 34.6 Å². The van der Waals surface area contributed by atoms with Crippen LogP contribution in [-0.4, -0.2) is 35.2 Å². The molecule has 0 spiro atoms. The van der Waals surface area contributed by atoms with Gasteiger partial charge in [-0.15, -0.1) is 0 Å². The summed E-state index contributed by atoms with van der Waals surface area (Å²) in [7, 11) is 1.60. The molecule has 1 aliphatic rings. The van der Waals surface area contributed by atoms with Crippen molar-refractivity contribution in [2.75, 3.05) is 18.6 Å². The minimum absolute atomic E-state index is 0.0445. The van der Waals surface area contributed by atoms with E-state index >= 15 is 0 Å². The number of nitrogens with one attached hydrogen (secondary N) is 1. The first-order valence-corrected chi connectivity index (χ1v) is 10.6. The number of aromatic nitrogens is 2. The van der Waals surface area contributed by atoms with Crippen molar-refractivity contribution >= 4 is 28.4 Å². The van der Waals surface area contributed by atoms with E-state index in [4.69, 9.17) is 9.84 Å². The minimum atomic E-state index is -0.376. The number of anilines is 1. The number of carbonyl (C=O) groups is 2. The Morgan fingerprint density at radius 2 is 1.94 bits per heavy atom. The average molecular weight is 421 g/mol. The van der Waals surface area contributed by atoms with Crippen LogP contribution in [0.15, 0.2) is 48.5 Å². The van der Waals surface area contributed by atoms with E-state index < -0.39 is 0 Å². The van der Waals surface area contributed by atoms with Crippen molar-refractivity contribution in [1.29, 1.82) is 0 Å². The molecule has 2 amide bonds. The molecule has 1 aliphatic heterocycles. The van der Waals surface area contributed by atoms with Gasteiger partial charge >= 0.3 is 0 Å². The molecule has 4 rings (SSSR count). The lowest BCUT2D eigenvalue weighted by atomic mass is 10.1. The number of ether oxygens (including phenoxy) is 1. The number of benzene rings is 2. The molecule has 162 valence electrons. The molecule has 0 radical (unpaired) electrons. The van der Waals surface area contributed by atoms with Crippen LogP contribution in [0.2, 0.25) is 0 Å². The van der Waals surface area contributed by atoms with Gasteiger partial charge in [0.15, 0.2) is 0 Å². The van der Waals surface area contributed by atoms with Crippen LogP contribution in [0.1, 0.15) is 26.0 Å². The maximum atomic E-state index is 12.8. The van der Waals surface area contributed by atoms with Crippen molar-refractivity contribution < 1.29 is 14.3 Å². The Morgan fingerprint density at radius 3 is 2.65 bits per heavy atom. The van der Waals surface area contributed by atoms with Gasteiger partial charge in [-0.2, -0.15) is 5.10 Å². The lowest BCUT2D eigenvalue weighted by Crippen LogP contribution is -2.32. The topological polar surface area (TPSA) is 76.5 Å². The molecule has 7 nitrogen and oxygen atoms in total. The molecule has 0 bridgehead atoms. The quantitative estimate of drug-likeness (QED) is 0.636. The molecule has 2 heterocycles. The van der Waals surface area contributed by atoms with Crippen LogP contribution >= 0.6 is 0 Å². The third-order valence-corrected chi connectivity index (χ3v) is 5.58. The molecule has 7 heteroatoms. The summed E-state index contributed by atoms with van der Waals surface area (Å²) in [5.74, 6) is 0.662. The average Bonchev–Trinajstić information content (AvgIpc) is 3.32. The Hall–Kier alpha value is -3.35. The minimum Gasteiger partial charge on any atom is -0.497 e. The Morgan fingerprint density at radius 1 is 1.19 bits per heavy atom. The zero-order valence-corrected chi connectivity index (χ0v) is 18.2. The number of fused-ring (bicyclic) bond motifs is 1. The molecule has 0 aliphatic carbocycles. The van der Waals surface area contributed by atoms with E-state index in [1.54, 1.807) is 12.0 Å². The maximum Gasteiger partial charge on any atom is 0.227 e. The van der Waals surface area contributed by atoms with Gasteiger partial charge in [-0.3, -0.25) is 14.3 Å². The Balaban J connectivity index is 1.43. The van der Waals surface area contributed by atoms with Crippen LogP contribution < -0.4 is 15.0 Å². The number of hydrogen-bond acceptors (Lipinski definition) is 4. The SMILES string of the molecule is COc1ccc(N2C[C@@H](C(=O)NCc3nn(CC(C)C)c4ccccc34)CC2=O)cc1. The highest BCUT2D eigenvalue weighted by atomic mass is 16.5. The van der Waals surface area contributed by atoms with E-state index in [2.05, 4.69) is 25.2 Å². The molecule has 0 saturated carbocycles. The van der Waals surface area contributed by atoms with Gasteiger partial charge in [0.05, 0.1) is 30.8 Å². The van der Waals surface area contributed by atoms with Gasteiger partial charge in [-0.1, -0.05) is 32.0 Å². The van der Waals surface area contributed by atoms with Crippen molar-refractivity contribution in [3.05, 3.63) is 54.2 Å². The highest BCUT2D eigenvalue weighted by Crippen LogP contribution is 2.27. The molecule has 0 unspecified atom stereocenters. The van der Waals surface area contributed by atoms with Gasteiger partial charge in [-0.05, 0) is 36.2 Å². The summed E-state index contributed by atoms with van der Waals surface area (Å²) in [4.78, 5) is 27.0. The van der Waals surface area contributed by atoms with Crippen molar-refractivity contribution in [3.63, 3.8) is 0 Å². The standard InChI is InChI=1S/C24H28N4O3/c1-16(2)14-28-22-7-5-4-6-20(22)21(26-28)13-25-24(30)17-12-23(29)27(15-17)18-8-10-19(31-3)11-9-18/h4-11,16-17H,12-15H2,1-3H3,(H,25,30)/t17-/m0/s1. The first-order valence-electron chi connectivity index (χ1n) is 10.6. The number of amides is 2. The first-order chi connectivity index (χ1) is 15.0. The second-order valence-electron chi connectivity index (χ2n) is 8.36. The van der Waals surface area contributed by atoms with E-state index in [1.807, 2.05) is 47.1 Å². The molecule has 1 N–H and O–H groups in total. The lowest BCUT2D eigenvalue weighted by Gasteiger charge is -2.17. The fourth-order valence-corrected chi connectivity index (χ4v) is 4.02. The molecule has 1 atom stereocenters. The smallest absolute Gasteiger partial charge is 0.227 e. The summed E-state index contributed by atoms with van der Waals surface area (Å²) in [5.41, 5.74) is 2.70. The van der Waals surface area contributed by atoms with Crippen LogP contribution in [0, 0.1) is 11.8 Å². The molecular formula is C24H28N4O3. The normalized spacial score (nSPS) is 16.3. The van der Waals surface area contributed by atoms with Gasteiger partial charge in [-0.25, -0.2) is 0 Å². The number of hydrogen-bond donors (Lipinski definition) is 1. The molecule has 31 heavy (non-hydrogen) atoms.